The first-order valence-corrected chi connectivity index (χ1v) is 10.2. The molecule has 0 saturated carbocycles. The first-order valence-electron chi connectivity index (χ1n) is 9.83. The second-order valence-electron chi connectivity index (χ2n) is 6.43. The summed E-state index contributed by atoms with van der Waals surface area (Å²) in [6.07, 6.45) is 19.2. The highest BCUT2D eigenvalue weighted by atomic mass is 32.1. The van der Waals surface area contributed by atoms with Crippen LogP contribution in [0.15, 0.2) is 0 Å². The van der Waals surface area contributed by atoms with Crippen molar-refractivity contribution >= 4 is 17.3 Å². The summed E-state index contributed by atoms with van der Waals surface area (Å²) in [4.78, 5) is 0. The maximum Gasteiger partial charge on any atom is 0.166 e. The molecule has 0 aromatic carbocycles. The summed E-state index contributed by atoms with van der Waals surface area (Å²) in [6, 6.07) is 0. The van der Waals surface area contributed by atoms with E-state index in [9.17, 15) is 0 Å². The topological polar surface area (TPSA) is 24.1 Å². The molecule has 0 unspecified atom stereocenters. The van der Waals surface area contributed by atoms with Crippen molar-refractivity contribution in [3.63, 3.8) is 0 Å². The largest absolute Gasteiger partial charge is 0.363 e. The van der Waals surface area contributed by atoms with Gasteiger partial charge in [0.1, 0.15) is 0 Å². The Morgan fingerprint density at radius 3 is 1.36 bits per heavy atom. The summed E-state index contributed by atoms with van der Waals surface area (Å²) in [6.45, 7) is 6.51. The predicted octanol–water partition coefficient (Wildman–Crippen LogP) is 5.95. The molecule has 0 heterocycles. The van der Waals surface area contributed by atoms with Crippen molar-refractivity contribution in [3.05, 3.63) is 0 Å². The molecule has 0 saturated heterocycles. The van der Waals surface area contributed by atoms with Crippen molar-refractivity contribution in [2.45, 2.75) is 104 Å². The van der Waals surface area contributed by atoms with Crippen LogP contribution in [0, 0.1) is 0 Å². The molecule has 0 atom stereocenters. The van der Waals surface area contributed by atoms with Gasteiger partial charge in [0.15, 0.2) is 5.11 Å². The molecule has 132 valence electrons. The summed E-state index contributed by atoms with van der Waals surface area (Å²) >= 11 is 5.23. The highest BCUT2D eigenvalue weighted by molar-refractivity contribution is 7.80. The van der Waals surface area contributed by atoms with Crippen LogP contribution < -0.4 is 10.6 Å². The number of nitrogens with one attached hydrogen (secondary N) is 2. The van der Waals surface area contributed by atoms with Crippen LogP contribution in [0.3, 0.4) is 0 Å². The minimum absolute atomic E-state index is 0.830. The quantitative estimate of drug-likeness (QED) is 0.270. The van der Waals surface area contributed by atoms with Gasteiger partial charge in [-0.05, 0) is 25.1 Å². The fraction of sp³-hybridized carbons (Fsp3) is 0.947. The van der Waals surface area contributed by atoms with E-state index in [4.69, 9.17) is 12.2 Å². The lowest BCUT2D eigenvalue weighted by atomic mass is 10.1. The Morgan fingerprint density at radius 1 is 0.545 bits per heavy atom. The summed E-state index contributed by atoms with van der Waals surface area (Å²) in [5.74, 6) is 0. The maximum absolute atomic E-state index is 5.23. The zero-order chi connectivity index (χ0) is 16.3. The van der Waals surface area contributed by atoms with E-state index in [-0.39, 0.29) is 0 Å². The van der Waals surface area contributed by atoms with Crippen molar-refractivity contribution in [2.24, 2.45) is 0 Å². The number of rotatable bonds is 16. The molecule has 0 amide bonds. The van der Waals surface area contributed by atoms with Gasteiger partial charge >= 0.3 is 0 Å². The molecular weight excluding hydrogens is 288 g/mol. The average molecular weight is 329 g/mol. The third-order valence-electron chi connectivity index (χ3n) is 4.13. The maximum atomic E-state index is 5.23. The molecule has 2 N–H and O–H groups in total. The lowest BCUT2D eigenvalue weighted by Gasteiger charge is -2.09. The SMILES string of the molecule is CCCCCCCCCCCCCCNC(=S)NCCCC. The Morgan fingerprint density at radius 2 is 0.909 bits per heavy atom. The fourth-order valence-corrected chi connectivity index (χ4v) is 2.81. The second kappa shape index (κ2) is 18.7. The average Bonchev–Trinajstić information content (AvgIpc) is 2.52. The summed E-state index contributed by atoms with van der Waals surface area (Å²) in [5, 5.41) is 7.37. The van der Waals surface area contributed by atoms with Gasteiger partial charge in [0.25, 0.3) is 0 Å². The first-order chi connectivity index (χ1) is 10.8. The third kappa shape index (κ3) is 17.7. The Labute approximate surface area is 145 Å². The van der Waals surface area contributed by atoms with E-state index in [1.807, 2.05) is 0 Å². The van der Waals surface area contributed by atoms with E-state index in [2.05, 4.69) is 24.5 Å². The van der Waals surface area contributed by atoms with Crippen LogP contribution in [0.25, 0.3) is 0 Å². The van der Waals surface area contributed by atoms with Gasteiger partial charge in [0, 0.05) is 13.1 Å². The molecule has 0 aliphatic carbocycles. The summed E-state index contributed by atoms with van der Waals surface area (Å²) in [7, 11) is 0. The van der Waals surface area contributed by atoms with Crippen LogP contribution in [0.1, 0.15) is 104 Å². The zero-order valence-corrected chi connectivity index (χ0v) is 16.0. The molecule has 22 heavy (non-hydrogen) atoms. The fourth-order valence-electron chi connectivity index (χ4n) is 2.61. The van der Waals surface area contributed by atoms with Gasteiger partial charge < -0.3 is 10.6 Å². The van der Waals surface area contributed by atoms with E-state index in [0.29, 0.717) is 0 Å². The van der Waals surface area contributed by atoms with Crippen molar-refractivity contribution in [1.29, 1.82) is 0 Å². The van der Waals surface area contributed by atoms with E-state index in [1.165, 1.54) is 89.9 Å². The smallest absolute Gasteiger partial charge is 0.166 e. The lowest BCUT2D eigenvalue weighted by Crippen LogP contribution is -2.36. The van der Waals surface area contributed by atoms with Crippen LogP contribution in [0.5, 0.6) is 0 Å². The number of thiocarbonyl (C=S) groups is 1. The number of unbranched alkanes of at least 4 members (excludes halogenated alkanes) is 12. The Hall–Kier alpha value is -0.310. The van der Waals surface area contributed by atoms with E-state index in [1.54, 1.807) is 0 Å². The minimum Gasteiger partial charge on any atom is -0.363 e. The van der Waals surface area contributed by atoms with Gasteiger partial charge in [-0.1, -0.05) is 90.9 Å². The van der Waals surface area contributed by atoms with Gasteiger partial charge in [-0.2, -0.15) is 0 Å². The van der Waals surface area contributed by atoms with Crippen LogP contribution >= 0.6 is 12.2 Å². The number of hydrogen-bond donors (Lipinski definition) is 2. The molecule has 3 heteroatoms. The van der Waals surface area contributed by atoms with Crippen molar-refractivity contribution in [3.8, 4) is 0 Å². The molecule has 0 aliphatic rings. The van der Waals surface area contributed by atoms with Crippen LogP contribution in [0.2, 0.25) is 0 Å². The second-order valence-corrected chi connectivity index (χ2v) is 6.83. The lowest BCUT2D eigenvalue weighted by molar-refractivity contribution is 0.543. The van der Waals surface area contributed by atoms with Crippen molar-refractivity contribution < 1.29 is 0 Å². The van der Waals surface area contributed by atoms with Gasteiger partial charge in [-0.25, -0.2) is 0 Å². The minimum atomic E-state index is 0.830. The van der Waals surface area contributed by atoms with Crippen LogP contribution in [-0.4, -0.2) is 18.2 Å². The van der Waals surface area contributed by atoms with Gasteiger partial charge in [-0.15, -0.1) is 0 Å². The third-order valence-corrected chi connectivity index (χ3v) is 4.42. The Kier molecular flexibility index (Phi) is 18.5. The van der Waals surface area contributed by atoms with Crippen molar-refractivity contribution in [2.75, 3.05) is 13.1 Å². The van der Waals surface area contributed by atoms with Gasteiger partial charge in [0.05, 0.1) is 0 Å². The Balaban J connectivity index is 3.06. The summed E-state index contributed by atoms with van der Waals surface area (Å²) in [5.41, 5.74) is 0. The van der Waals surface area contributed by atoms with Crippen LogP contribution in [-0.2, 0) is 0 Å². The molecular formula is C19H40N2S. The molecule has 0 fully saturated rings. The molecule has 0 aromatic heterocycles. The van der Waals surface area contributed by atoms with Gasteiger partial charge in [-0.3, -0.25) is 0 Å². The molecule has 0 spiro atoms. The van der Waals surface area contributed by atoms with E-state index in [0.717, 1.165) is 18.2 Å². The molecule has 0 radical (unpaired) electrons. The predicted molar refractivity (Wildman–Crippen MR) is 105 cm³/mol. The molecule has 0 aliphatic heterocycles. The Bertz CT molecular complexity index is 231. The number of hydrogen-bond acceptors (Lipinski definition) is 1. The van der Waals surface area contributed by atoms with E-state index < -0.39 is 0 Å². The van der Waals surface area contributed by atoms with Gasteiger partial charge in [0.2, 0.25) is 0 Å². The molecule has 0 rings (SSSR count). The first kappa shape index (κ1) is 21.7. The summed E-state index contributed by atoms with van der Waals surface area (Å²) < 4.78 is 0. The normalized spacial score (nSPS) is 10.6. The highest BCUT2D eigenvalue weighted by Gasteiger charge is 1.95. The molecule has 0 bridgehead atoms. The molecule has 2 nitrogen and oxygen atoms in total. The molecule has 0 aromatic rings. The highest BCUT2D eigenvalue weighted by Crippen LogP contribution is 2.11. The van der Waals surface area contributed by atoms with Crippen molar-refractivity contribution in [1.82, 2.24) is 10.6 Å². The standard InChI is InChI=1S/C19H40N2S/c1-3-5-7-8-9-10-11-12-13-14-15-16-18-21-19(22)20-17-6-4-2/h3-18H2,1-2H3,(H2,20,21,22). The monoisotopic (exact) mass is 328 g/mol. The zero-order valence-electron chi connectivity index (χ0n) is 15.2. The van der Waals surface area contributed by atoms with Crippen LogP contribution in [0.4, 0.5) is 0 Å². The van der Waals surface area contributed by atoms with E-state index >= 15 is 0 Å².